The first-order valence-electron chi connectivity index (χ1n) is 9.73. The van der Waals surface area contributed by atoms with Gasteiger partial charge in [-0.3, -0.25) is 9.59 Å². The van der Waals surface area contributed by atoms with E-state index in [2.05, 4.69) is 4.98 Å². The van der Waals surface area contributed by atoms with Crippen molar-refractivity contribution in [3.05, 3.63) is 53.5 Å². The molecule has 0 saturated carbocycles. The molecule has 28 heavy (non-hydrogen) atoms. The van der Waals surface area contributed by atoms with Gasteiger partial charge >= 0.3 is 0 Å². The van der Waals surface area contributed by atoms with E-state index >= 15 is 0 Å². The molecule has 6 nitrogen and oxygen atoms in total. The third kappa shape index (κ3) is 3.53. The van der Waals surface area contributed by atoms with Crippen molar-refractivity contribution in [1.82, 2.24) is 14.8 Å². The molecule has 7 heteroatoms. The average molecular weight is 385 g/mol. The summed E-state index contributed by atoms with van der Waals surface area (Å²) in [5.41, 5.74) is 0.180. The maximum Gasteiger partial charge on any atom is 0.243 e. The van der Waals surface area contributed by atoms with Crippen molar-refractivity contribution in [2.75, 3.05) is 19.6 Å². The second-order valence-electron chi connectivity index (χ2n) is 7.78. The Morgan fingerprint density at radius 3 is 2.93 bits per heavy atom. The van der Waals surface area contributed by atoms with Crippen LogP contribution in [0.3, 0.4) is 0 Å². The molecule has 3 heterocycles. The zero-order valence-electron chi connectivity index (χ0n) is 16.0. The fourth-order valence-corrected chi connectivity index (χ4v) is 4.19. The molecule has 2 saturated heterocycles. The van der Waals surface area contributed by atoms with E-state index in [9.17, 15) is 14.0 Å². The quantitative estimate of drug-likeness (QED) is 0.794. The van der Waals surface area contributed by atoms with Gasteiger partial charge in [0, 0.05) is 25.9 Å². The van der Waals surface area contributed by atoms with Crippen molar-refractivity contribution in [2.24, 2.45) is 0 Å². The van der Waals surface area contributed by atoms with E-state index < -0.39 is 5.54 Å². The third-order valence-electron chi connectivity index (χ3n) is 5.72. The van der Waals surface area contributed by atoms with Gasteiger partial charge < -0.3 is 14.2 Å². The van der Waals surface area contributed by atoms with E-state index in [4.69, 9.17) is 4.42 Å². The highest BCUT2D eigenvalue weighted by Gasteiger charge is 2.45. The lowest BCUT2D eigenvalue weighted by Gasteiger charge is -2.33. The Bertz CT molecular complexity index is 897. The van der Waals surface area contributed by atoms with Crippen molar-refractivity contribution in [1.29, 1.82) is 0 Å². The minimum Gasteiger partial charge on any atom is -0.443 e. The molecule has 148 valence electrons. The van der Waals surface area contributed by atoms with Crippen LogP contribution < -0.4 is 0 Å². The standard InChI is InChI=1S/C21H24FN3O3/c1-21(8-4-10-25(21)19(27)14-24-9-3-7-18(24)26)20-23-13-17(28-20)12-15-5-2-6-16(22)11-15/h2,5-6,11,13H,3-4,7-10,12,14H2,1H3/t21-/m1/s1. The lowest BCUT2D eigenvalue weighted by atomic mass is 9.99. The Hall–Kier alpha value is -2.70. The molecule has 2 amide bonds. The van der Waals surface area contributed by atoms with Crippen molar-refractivity contribution in [3.63, 3.8) is 0 Å². The highest BCUT2D eigenvalue weighted by Crippen LogP contribution is 2.38. The van der Waals surface area contributed by atoms with Gasteiger partial charge in [-0.1, -0.05) is 12.1 Å². The number of hydrogen-bond acceptors (Lipinski definition) is 4. The van der Waals surface area contributed by atoms with Crippen LogP contribution in [0.25, 0.3) is 0 Å². The lowest BCUT2D eigenvalue weighted by molar-refractivity contribution is -0.141. The third-order valence-corrected chi connectivity index (χ3v) is 5.72. The zero-order chi connectivity index (χ0) is 19.7. The normalized spacial score (nSPS) is 22.3. The van der Waals surface area contributed by atoms with Crippen molar-refractivity contribution in [2.45, 2.75) is 44.6 Å². The predicted molar refractivity (Wildman–Crippen MR) is 99.8 cm³/mol. The number of amides is 2. The van der Waals surface area contributed by atoms with Crippen LogP contribution in [0.15, 0.2) is 34.9 Å². The van der Waals surface area contributed by atoms with Crippen LogP contribution in [-0.4, -0.2) is 46.2 Å². The Balaban J connectivity index is 1.49. The summed E-state index contributed by atoms with van der Waals surface area (Å²) in [6.45, 7) is 3.34. The fraction of sp³-hybridized carbons (Fsp3) is 0.476. The number of carbonyl (C=O) groups excluding carboxylic acids is 2. The van der Waals surface area contributed by atoms with Gasteiger partial charge in [0.1, 0.15) is 17.1 Å². The minimum absolute atomic E-state index is 0.0442. The van der Waals surface area contributed by atoms with Gasteiger partial charge in [0.15, 0.2) is 0 Å². The van der Waals surface area contributed by atoms with Crippen molar-refractivity contribution in [3.8, 4) is 0 Å². The predicted octanol–water partition coefficient (Wildman–Crippen LogP) is 2.86. The summed E-state index contributed by atoms with van der Waals surface area (Å²) in [5.74, 6) is 0.824. The summed E-state index contributed by atoms with van der Waals surface area (Å²) in [6.07, 6.45) is 5.04. The van der Waals surface area contributed by atoms with E-state index in [0.717, 1.165) is 24.8 Å². The number of likely N-dealkylation sites (tertiary alicyclic amines) is 2. The first kappa shape index (κ1) is 18.7. The highest BCUT2D eigenvalue weighted by molar-refractivity contribution is 5.86. The summed E-state index contributed by atoms with van der Waals surface area (Å²) in [7, 11) is 0. The lowest BCUT2D eigenvalue weighted by Crippen LogP contribution is -2.47. The van der Waals surface area contributed by atoms with Gasteiger partial charge in [-0.05, 0) is 43.9 Å². The molecule has 0 unspecified atom stereocenters. The number of nitrogens with zero attached hydrogens (tertiary/aromatic N) is 3. The summed E-state index contributed by atoms with van der Waals surface area (Å²) >= 11 is 0. The molecular formula is C21H24FN3O3. The maximum atomic E-state index is 13.4. The fourth-order valence-electron chi connectivity index (χ4n) is 4.19. The number of carbonyl (C=O) groups is 2. The molecule has 2 fully saturated rings. The number of halogens is 1. The number of hydrogen-bond donors (Lipinski definition) is 0. The van der Waals surface area contributed by atoms with Crippen LogP contribution in [0.5, 0.6) is 0 Å². The largest absolute Gasteiger partial charge is 0.443 e. The van der Waals surface area contributed by atoms with E-state index in [-0.39, 0.29) is 24.2 Å². The van der Waals surface area contributed by atoms with E-state index in [1.165, 1.54) is 12.1 Å². The second-order valence-corrected chi connectivity index (χ2v) is 7.78. The first-order chi connectivity index (χ1) is 13.5. The average Bonchev–Trinajstić information content (AvgIpc) is 3.37. The number of aromatic nitrogens is 1. The molecule has 1 aromatic carbocycles. The molecule has 0 N–H and O–H groups in total. The number of benzene rings is 1. The topological polar surface area (TPSA) is 66.7 Å². The first-order valence-corrected chi connectivity index (χ1v) is 9.73. The second kappa shape index (κ2) is 7.37. The van der Waals surface area contributed by atoms with Crippen LogP contribution >= 0.6 is 0 Å². The minimum atomic E-state index is -0.625. The summed E-state index contributed by atoms with van der Waals surface area (Å²) in [6, 6.07) is 6.39. The molecule has 2 aromatic rings. The van der Waals surface area contributed by atoms with Crippen molar-refractivity contribution >= 4 is 11.8 Å². The van der Waals surface area contributed by atoms with Gasteiger partial charge in [0.25, 0.3) is 0 Å². The summed E-state index contributed by atoms with van der Waals surface area (Å²) in [4.78, 5) is 32.6. The summed E-state index contributed by atoms with van der Waals surface area (Å²) in [5, 5.41) is 0. The summed E-state index contributed by atoms with van der Waals surface area (Å²) < 4.78 is 19.4. The Morgan fingerprint density at radius 2 is 2.18 bits per heavy atom. The molecule has 0 radical (unpaired) electrons. The molecule has 0 aliphatic carbocycles. The molecule has 2 aliphatic heterocycles. The molecule has 0 spiro atoms. The number of oxazole rings is 1. The number of rotatable bonds is 5. The smallest absolute Gasteiger partial charge is 0.243 e. The molecule has 0 bridgehead atoms. The van der Waals surface area contributed by atoms with Crippen LogP contribution in [0, 0.1) is 5.82 Å². The SMILES string of the molecule is C[C@]1(c2ncc(Cc3cccc(F)c3)o2)CCCN1C(=O)CN1CCCC1=O. The maximum absolute atomic E-state index is 13.4. The molecule has 1 aromatic heterocycles. The van der Waals surface area contributed by atoms with Gasteiger partial charge in [0.05, 0.1) is 12.7 Å². The van der Waals surface area contributed by atoms with E-state index in [1.54, 1.807) is 22.1 Å². The van der Waals surface area contributed by atoms with E-state index in [1.807, 2.05) is 13.0 Å². The van der Waals surface area contributed by atoms with Crippen molar-refractivity contribution < 1.29 is 18.4 Å². The van der Waals surface area contributed by atoms with Gasteiger partial charge in [-0.2, -0.15) is 0 Å². The molecular weight excluding hydrogens is 361 g/mol. The van der Waals surface area contributed by atoms with Crippen LogP contribution in [-0.2, 0) is 21.5 Å². The monoisotopic (exact) mass is 385 g/mol. The van der Waals surface area contributed by atoms with Crippen LogP contribution in [0.2, 0.25) is 0 Å². The zero-order valence-corrected chi connectivity index (χ0v) is 16.0. The Labute approximate surface area is 163 Å². The highest BCUT2D eigenvalue weighted by atomic mass is 19.1. The van der Waals surface area contributed by atoms with Gasteiger partial charge in [0.2, 0.25) is 17.7 Å². The van der Waals surface area contributed by atoms with Gasteiger partial charge in [-0.25, -0.2) is 9.37 Å². The Morgan fingerprint density at radius 1 is 1.32 bits per heavy atom. The molecule has 2 aliphatic rings. The molecule has 1 atom stereocenters. The van der Waals surface area contributed by atoms with E-state index in [0.29, 0.717) is 37.6 Å². The molecule has 4 rings (SSSR count). The van der Waals surface area contributed by atoms with Crippen LogP contribution in [0.4, 0.5) is 4.39 Å². The Kier molecular flexibility index (Phi) is 4.91. The van der Waals surface area contributed by atoms with Gasteiger partial charge in [-0.15, -0.1) is 0 Å². The van der Waals surface area contributed by atoms with Crippen LogP contribution in [0.1, 0.15) is 49.8 Å².